The van der Waals surface area contributed by atoms with E-state index in [1.807, 2.05) is 0 Å². The van der Waals surface area contributed by atoms with Crippen molar-refractivity contribution in [3.63, 3.8) is 0 Å². The molecule has 13 heteroatoms. The molecule has 0 saturated carbocycles. The summed E-state index contributed by atoms with van der Waals surface area (Å²) in [6.07, 6.45) is -4.93. The number of hydrogen-bond acceptors (Lipinski definition) is 4. The number of halogens is 6. The Morgan fingerprint density at radius 1 is 1.00 bits per heavy atom. The van der Waals surface area contributed by atoms with Gasteiger partial charge in [-0.1, -0.05) is 11.6 Å². The van der Waals surface area contributed by atoms with Crippen molar-refractivity contribution in [2.45, 2.75) is 12.2 Å². The molecule has 0 saturated heterocycles. The van der Waals surface area contributed by atoms with Crippen LogP contribution in [-0.2, 0) is 11.0 Å². The molecule has 4 rings (SSSR count). The zero-order valence-electron chi connectivity index (χ0n) is 18.3. The van der Waals surface area contributed by atoms with E-state index < -0.39 is 59.3 Å². The topological polar surface area (TPSA) is 108 Å². The molecule has 0 aliphatic carbocycles. The van der Waals surface area contributed by atoms with Gasteiger partial charge in [-0.25, -0.2) is 8.78 Å². The predicted octanol–water partition coefficient (Wildman–Crippen LogP) is 4.65. The Labute approximate surface area is 210 Å². The zero-order valence-corrected chi connectivity index (χ0v) is 19.1. The van der Waals surface area contributed by atoms with Crippen LogP contribution in [0.1, 0.15) is 43.4 Å². The Bertz CT molecular complexity index is 1440. The summed E-state index contributed by atoms with van der Waals surface area (Å²) < 4.78 is 67.3. The van der Waals surface area contributed by atoms with E-state index >= 15 is 0 Å². The van der Waals surface area contributed by atoms with Crippen molar-refractivity contribution in [3.8, 4) is 0 Å². The van der Waals surface area contributed by atoms with Gasteiger partial charge >= 0.3 is 6.18 Å². The quantitative estimate of drug-likeness (QED) is 0.354. The zero-order chi connectivity index (χ0) is 27.1. The molecule has 1 atom stereocenters. The Kier molecular flexibility index (Phi) is 6.89. The molecule has 192 valence electrons. The highest BCUT2D eigenvalue weighted by Crippen LogP contribution is 2.41. The van der Waals surface area contributed by atoms with Crippen LogP contribution in [0.4, 0.5) is 33.3 Å². The summed E-state index contributed by atoms with van der Waals surface area (Å²) in [4.78, 5) is 37.4. The molecular formula is C24H15ClF5N3O4. The fraction of sp³-hybridized carbons (Fsp3) is 0.125. The molecule has 4 N–H and O–H groups in total. The van der Waals surface area contributed by atoms with Crippen molar-refractivity contribution in [1.29, 1.82) is 0 Å². The number of nitrogens with one attached hydrogen (secondary N) is 3. The molecule has 3 aromatic rings. The Hall–Kier alpha value is -4.03. The van der Waals surface area contributed by atoms with Gasteiger partial charge in [0.2, 0.25) is 5.91 Å². The van der Waals surface area contributed by atoms with Gasteiger partial charge in [-0.3, -0.25) is 14.4 Å². The van der Waals surface area contributed by atoms with E-state index in [9.17, 15) is 36.3 Å². The molecule has 0 spiro atoms. The van der Waals surface area contributed by atoms with Crippen LogP contribution in [0, 0.1) is 11.6 Å². The number of carbonyl (C=O) groups is 3. The summed E-state index contributed by atoms with van der Waals surface area (Å²) in [5.41, 5.74) is -2.19. The standard InChI is InChI=1S/C24H15ClF5N3O4/c25-17-2-1-12(26)6-15(17)21-20-16(23(37)33-21)7-14(31-19(35)9-34)8-18(20)32-22(36)10-3-11(24(28,29)30)5-13(27)4-10/h1-8,21,34H,9H2,(H,31,35)(H,32,36)(H,33,37)/t21-/m1/s1. The molecule has 3 amide bonds. The van der Waals surface area contributed by atoms with E-state index in [-0.39, 0.29) is 39.2 Å². The molecule has 0 aromatic heterocycles. The number of alkyl halides is 3. The van der Waals surface area contributed by atoms with Gasteiger partial charge in [-0.2, -0.15) is 13.2 Å². The first-order valence-corrected chi connectivity index (χ1v) is 10.8. The van der Waals surface area contributed by atoms with Crippen molar-refractivity contribution in [2.24, 2.45) is 0 Å². The van der Waals surface area contributed by atoms with Gasteiger partial charge in [0.1, 0.15) is 18.2 Å². The van der Waals surface area contributed by atoms with Crippen LogP contribution < -0.4 is 16.0 Å². The van der Waals surface area contributed by atoms with Crippen molar-refractivity contribution in [3.05, 3.63) is 93.0 Å². The van der Waals surface area contributed by atoms with E-state index in [0.717, 1.165) is 12.1 Å². The van der Waals surface area contributed by atoms with Crippen molar-refractivity contribution < 1.29 is 41.4 Å². The lowest BCUT2D eigenvalue weighted by Gasteiger charge is -2.19. The van der Waals surface area contributed by atoms with Crippen LogP contribution in [0.3, 0.4) is 0 Å². The molecule has 1 heterocycles. The van der Waals surface area contributed by atoms with E-state index in [1.165, 1.54) is 18.2 Å². The average molecular weight is 540 g/mol. The molecule has 37 heavy (non-hydrogen) atoms. The van der Waals surface area contributed by atoms with Gasteiger partial charge in [0.25, 0.3) is 11.8 Å². The smallest absolute Gasteiger partial charge is 0.387 e. The minimum absolute atomic E-state index is 0.0514. The number of fused-ring (bicyclic) bond motifs is 1. The van der Waals surface area contributed by atoms with Gasteiger partial charge in [0, 0.05) is 38.7 Å². The molecule has 1 aliphatic heterocycles. The number of aliphatic hydroxyl groups excluding tert-OH is 1. The van der Waals surface area contributed by atoms with Crippen LogP contribution >= 0.6 is 11.6 Å². The van der Waals surface area contributed by atoms with Crippen LogP contribution in [0.2, 0.25) is 5.02 Å². The van der Waals surface area contributed by atoms with Crippen LogP contribution in [0.5, 0.6) is 0 Å². The number of rotatable bonds is 5. The highest BCUT2D eigenvalue weighted by Gasteiger charge is 2.36. The maximum absolute atomic E-state index is 14.0. The van der Waals surface area contributed by atoms with E-state index in [2.05, 4.69) is 16.0 Å². The lowest BCUT2D eigenvalue weighted by Crippen LogP contribution is -2.21. The number of hydrogen-bond donors (Lipinski definition) is 4. The van der Waals surface area contributed by atoms with Crippen LogP contribution in [0.15, 0.2) is 48.5 Å². The summed E-state index contributed by atoms with van der Waals surface area (Å²) in [5.74, 6) is -4.71. The fourth-order valence-electron chi connectivity index (χ4n) is 3.86. The maximum Gasteiger partial charge on any atom is 0.416 e. The normalized spacial score (nSPS) is 14.7. The average Bonchev–Trinajstić information content (AvgIpc) is 3.16. The number of carbonyl (C=O) groups excluding carboxylic acids is 3. The van der Waals surface area contributed by atoms with Gasteiger partial charge in [-0.15, -0.1) is 0 Å². The molecule has 0 unspecified atom stereocenters. The first-order valence-electron chi connectivity index (χ1n) is 10.4. The lowest BCUT2D eigenvalue weighted by atomic mass is 9.95. The Morgan fingerprint density at radius 3 is 2.41 bits per heavy atom. The SMILES string of the molecule is O=C(CO)Nc1cc(NC(=O)c2cc(F)cc(C(F)(F)F)c2)c2c(c1)C(=O)N[C@@H]2c1cc(F)ccc1Cl. The third kappa shape index (κ3) is 5.39. The van der Waals surface area contributed by atoms with Gasteiger partial charge in [0.05, 0.1) is 11.6 Å². The second-order valence-corrected chi connectivity index (χ2v) is 8.35. The Balaban J connectivity index is 1.83. The molecule has 0 bridgehead atoms. The molecule has 0 radical (unpaired) electrons. The number of amides is 3. The van der Waals surface area contributed by atoms with Crippen molar-refractivity contribution in [2.75, 3.05) is 17.2 Å². The predicted molar refractivity (Wildman–Crippen MR) is 122 cm³/mol. The van der Waals surface area contributed by atoms with E-state index in [4.69, 9.17) is 16.7 Å². The van der Waals surface area contributed by atoms with Crippen molar-refractivity contribution >= 4 is 40.7 Å². The van der Waals surface area contributed by atoms with Gasteiger partial charge < -0.3 is 21.1 Å². The molecule has 0 fully saturated rings. The fourth-order valence-corrected chi connectivity index (χ4v) is 4.08. The molecule has 3 aromatic carbocycles. The molecule has 1 aliphatic rings. The summed E-state index contributed by atoms with van der Waals surface area (Å²) in [6.45, 7) is -0.907. The highest BCUT2D eigenvalue weighted by molar-refractivity contribution is 6.31. The monoisotopic (exact) mass is 539 g/mol. The van der Waals surface area contributed by atoms with E-state index in [0.29, 0.717) is 12.1 Å². The minimum Gasteiger partial charge on any atom is -0.387 e. The first-order chi connectivity index (χ1) is 17.4. The third-order valence-electron chi connectivity index (χ3n) is 5.42. The number of anilines is 2. The lowest BCUT2D eigenvalue weighted by molar-refractivity contribution is -0.137. The first kappa shape index (κ1) is 26.0. The summed E-state index contributed by atoms with van der Waals surface area (Å²) in [6, 6.07) is 5.95. The molecule has 7 nitrogen and oxygen atoms in total. The third-order valence-corrected chi connectivity index (χ3v) is 5.76. The summed E-state index contributed by atoms with van der Waals surface area (Å²) in [7, 11) is 0. The van der Waals surface area contributed by atoms with E-state index in [1.54, 1.807) is 0 Å². The highest BCUT2D eigenvalue weighted by atomic mass is 35.5. The Morgan fingerprint density at radius 2 is 1.73 bits per heavy atom. The number of benzene rings is 3. The maximum atomic E-state index is 14.0. The summed E-state index contributed by atoms with van der Waals surface area (Å²) >= 11 is 6.20. The van der Waals surface area contributed by atoms with Crippen LogP contribution in [0.25, 0.3) is 0 Å². The second-order valence-electron chi connectivity index (χ2n) is 7.94. The van der Waals surface area contributed by atoms with Gasteiger partial charge in [0.15, 0.2) is 0 Å². The minimum atomic E-state index is -4.93. The number of aliphatic hydroxyl groups is 1. The van der Waals surface area contributed by atoms with Crippen LogP contribution in [-0.4, -0.2) is 29.4 Å². The van der Waals surface area contributed by atoms with Gasteiger partial charge in [-0.05, 0) is 48.5 Å². The van der Waals surface area contributed by atoms with Crippen molar-refractivity contribution in [1.82, 2.24) is 5.32 Å². The molecular weight excluding hydrogens is 525 g/mol. The summed E-state index contributed by atoms with van der Waals surface area (Å²) in [5, 5.41) is 16.3. The second kappa shape index (κ2) is 9.79. The largest absolute Gasteiger partial charge is 0.416 e.